The fourth-order valence-electron chi connectivity index (χ4n) is 5.17. The highest BCUT2D eigenvalue weighted by molar-refractivity contribution is 9.10. The zero-order valence-corrected chi connectivity index (χ0v) is 18.2. The highest BCUT2D eigenvalue weighted by Crippen LogP contribution is 2.66. The van der Waals surface area contributed by atoms with Crippen LogP contribution in [-0.4, -0.2) is 22.9 Å². The molecular weight excluding hydrogens is 444 g/mol. The summed E-state index contributed by atoms with van der Waals surface area (Å²) in [6, 6.07) is 23.2. The van der Waals surface area contributed by atoms with Crippen molar-refractivity contribution < 1.29 is 19.7 Å². The van der Waals surface area contributed by atoms with Crippen LogP contribution in [0.3, 0.4) is 0 Å². The molecule has 1 aliphatic carbocycles. The van der Waals surface area contributed by atoms with E-state index in [4.69, 9.17) is 9.47 Å². The minimum atomic E-state index is -1.58. The number of hydrogen-bond acceptors (Lipinski definition) is 4. The first-order chi connectivity index (χ1) is 14.5. The molecule has 4 atom stereocenters. The number of benzene rings is 3. The van der Waals surface area contributed by atoms with Gasteiger partial charge in [0.15, 0.2) is 11.2 Å². The molecule has 1 fully saturated rings. The van der Waals surface area contributed by atoms with E-state index in [1.165, 1.54) is 0 Å². The van der Waals surface area contributed by atoms with E-state index in [-0.39, 0.29) is 5.92 Å². The average Bonchev–Trinajstić information content (AvgIpc) is 3.15. The second-order valence-corrected chi connectivity index (χ2v) is 8.83. The second kappa shape index (κ2) is 7.12. The molecule has 5 rings (SSSR count). The molecule has 0 bridgehead atoms. The Bertz CT molecular complexity index is 1070. The van der Waals surface area contributed by atoms with E-state index in [9.17, 15) is 10.2 Å². The quantitative estimate of drug-likeness (QED) is 0.575. The Morgan fingerprint density at radius 3 is 2.50 bits per heavy atom. The van der Waals surface area contributed by atoms with Crippen LogP contribution >= 0.6 is 15.9 Å². The van der Waals surface area contributed by atoms with Crippen molar-refractivity contribution in [2.75, 3.05) is 6.61 Å². The van der Waals surface area contributed by atoms with Crippen LogP contribution in [0.4, 0.5) is 0 Å². The SMILES string of the molecule is CCOc1ccc2c(c1)O[C@@]1(c3ccc(Br)cc3)[C@H](c3ccccc3)C[C@@H](O)[C@@]21O. The number of ether oxygens (including phenoxy) is 2. The molecule has 4 nitrogen and oxygen atoms in total. The van der Waals surface area contributed by atoms with Gasteiger partial charge in [-0.3, -0.25) is 0 Å². The Kier molecular flexibility index (Phi) is 4.65. The van der Waals surface area contributed by atoms with Gasteiger partial charge in [0.25, 0.3) is 0 Å². The summed E-state index contributed by atoms with van der Waals surface area (Å²) in [4.78, 5) is 0. The van der Waals surface area contributed by atoms with Gasteiger partial charge in [-0.2, -0.15) is 0 Å². The van der Waals surface area contributed by atoms with Crippen LogP contribution in [0.1, 0.15) is 36.0 Å². The largest absolute Gasteiger partial charge is 0.494 e. The normalized spacial score (nSPS) is 29.2. The van der Waals surface area contributed by atoms with Crippen LogP contribution < -0.4 is 9.47 Å². The molecule has 3 aromatic rings. The van der Waals surface area contributed by atoms with Crippen molar-refractivity contribution in [3.05, 3.63) is 94.0 Å². The number of aliphatic hydroxyl groups is 2. The van der Waals surface area contributed by atoms with Gasteiger partial charge in [0, 0.05) is 22.0 Å². The zero-order valence-electron chi connectivity index (χ0n) is 16.6. The van der Waals surface area contributed by atoms with E-state index in [0.717, 1.165) is 15.6 Å². The third-order valence-corrected chi connectivity index (χ3v) is 6.95. The lowest BCUT2D eigenvalue weighted by atomic mass is 9.71. The minimum absolute atomic E-state index is 0.234. The number of fused-ring (bicyclic) bond motifs is 3. The summed E-state index contributed by atoms with van der Waals surface area (Å²) in [5.74, 6) is 0.991. The van der Waals surface area contributed by atoms with Gasteiger partial charge in [0.1, 0.15) is 11.5 Å². The third-order valence-electron chi connectivity index (χ3n) is 6.42. The molecule has 0 amide bonds. The van der Waals surface area contributed by atoms with Gasteiger partial charge in [-0.25, -0.2) is 0 Å². The molecule has 0 aromatic heterocycles. The van der Waals surface area contributed by atoms with Crippen molar-refractivity contribution in [2.45, 2.75) is 36.6 Å². The fourth-order valence-corrected chi connectivity index (χ4v) is 5.43. The van der Waals surface area contributed by atoms with Crippen LogP contribution in [0.2, 0.25) is 0 Å². The van der Waals surface area contributed by atoms with Crippen LogP contribution in [0.25, 0.3) is 0 Å². The fraction of sp³-hybridized carbons (Fsp3) is 0.280. The first-order valence-electron chi connectivity index (χ1n) is 10.2. The van der Waals surface area contributed by atoms with Crippen LogP contribution in [-0.2, 0) is 11.2 Å². The first kappa shape index (κ1) is 19.6. The molecule has 5 heteroatoms. The molecule has 1 saturated carbocycles. The van der Waals surface area contributed by atoms with Gasteiger partial charge < -0.3 is 19.7 Å². The van der Waals surface area contributed by atoms with Crippen molar-refractivity contribution in [2.24, 2.45) is 0 Å². The lowest BCUT2D eigenvalue weighted by molar-refractivity contribution is -0.149. The summed E-state index contributed by atoms with van der Waals surface area (Å²) in [6.45, 7) is 2.46. The molecular formula is C25H23BrO4. The highest BCUT2D eigenvalue weighted by Gasteiger charge is 2.72. The molecule has 0 spiro atoms. The van der Waals surface area contributed by atoms with Gasteiger partial charge in [-0.05, 0) is 48.7 Å². The maximum Gasteiger partial charge on any atom is 0.176 e. The van der Waals surface area contributed by atoms with E-state index in [1.54, 1.807) is 0 Å². The summed E-state index contributed by atoms with van der Waals surface area (Å²) >= 11 is 3.50. The lowest BCUT2D eigenvalue weighted by Gasteiger charge is -2.40. The molecule has 1 heterocycles. The maximum absolute atomic E-state index is 12.1. The molecule has 0 saturated heterocycles. The summed E-state index contributed by atoms with van der Waals surface area (Å²) in [7, 11) is 0. The standard InChI is InChI=1S/C25H23BrO4/c1-2-29-19-12-13-20-22(14-19)30-25(17-8-10-18(26)11-9-17)21(15-23(27)24(20,25)28)16-6-4-3-5-7-16/h3-14,21,23,27-28H,2,15H2,1H3/t21-,23+,24-,25-/m0/s1. The molecule has 1 aliphatic heterocycles. The summed E-state index contributed by atoms with van der Waals surface area (Å²) < 4.78 is 13.3. The lowest BCUT2D eigenvalue weighted by Crippen LogP contribution is -2.51. The van der Waals surface area contributed by atoms with Crippen molar-refractivity contribution >= 4 is 15.9 Å². The van der Waals surface area contributed by atoms with Crippen LogP contribution in [0, 0.1) is 0 Å². The predicted octanol–water partition coefficient (Wildman–Crippen LogP) is 4.87. The van der Waals surface area contributed by atoms with Crippen molar-refractivity contribution in [3.8, 4) is 11.5 Å². The third kappa shape index (κ3) is 2.59. The molecule has 2 N–H and O–H groups in total. The monoisotopic (exact) mass is 466 g/mol. The Morgan fingerprint density at radius 2 is 1.80 bits per heavy atom. The molecule has 3 aromatic carbocycles. The highest BCUT2D eigenvalue weighted by atomic mass is 79.9. The number of aliphatic hydroxyl groups excluding tert-OH is 1. The van der Waals surface area contributed by atoms with E-state index < -0.39 is 17.3 Å². The number of rotatable bonds is 4. The van der Waals surface area contributed by atoms with Crippen molar-refractivity contribution in [1.82, 2.24) is 0 Å². The first-order valence-corrected chi connectivity index (χ1v) is 11.0. The summed E-state index contributed by atoms with van der Waals surface area (Å²) in [5.41, 5.74) is -0.288. The zero-order chi connectivity index (χ0) is 20.9. The van der Waals surface area contributed by atoms with E-state index >= 15 is 0 Å². The van der Waals surface area contributed by atoms with E-state index in [2.05, 4.69) is 15.9 Å². The van der Waals surface area contributed by atoms with Crippen molar-refractivity contribution in [3.63, 3.8) is 0 Å². The van der Waals surface area contributed by atoms with Crippen LogP contribution in [0.15, 0.2) is 77.3 Å². The Balaban J connectivity index is 1.75. The predicted molar refractivity (Wildman–Crippen MR) is 118 cm³/mol. The molecule has 0 unspecified atom stereocenters. The smallest absolute Gasteiger partial charge is 0.176 e. The van der Waals surface area contributed by atoms with Gasteiger partial charge in [-0.15, -0.1) is 0 Å². The number of halogens is 1. The Hall–Kier alpha value is -2.34. The summed E-state index contributed by atoms with van der Waals surface area (Å²) in [6.07, 6.45) is -0.589. The van der Waals surface area contributed by atoms with Gasteiger partial charge in [0.05, 0.1) is 12.7 Å². The van der Waals surface area contributed by atoms with Gasteiger partial charge in [-0.1, -0.05) is 58.4 Å². The summed E-state index contributed by atoms with van der Waals surface area (Å²) in [5, 5.41) is 23.4. The Morgan fingerprint density at radius 1 is 1.07 bits per heavy atom. The van der Waals surface area contributed by atoms with E-state index in [1.807, 2.05) is 79.7 Å². The topological polar surface area (TPSA) is 58.9 Å². The Labute approximate surface area is 184 Å². The van der Waals surface area contributed by atoms with Crippen molar-refractivity contribution in [1.29, 1.82) is 0 Å². The number of hydrogen-bond donors (Lipinski definition) is 2. The maximum atomic E-state index is 12.1. The van der Waals surface area contributed by atoms with E-state index in [0.29, 0.717) is 30.1 Å². The molecule has 30 heavy (non-hydrogen) atoms. The second-order valence-electron chi connectivity index (χ2n) is 7.92. The van der Waals surface area contributed by atoms with Gasteiger partial charge >= 0.3 is 0 Å². The average molecular weight is 467 g/mol. The van der Waals surface area contributed by atoms with Gasteiger partial charge in [0.2, 0.25) is 0 Å². The molecule has 154 valence electrons. The minimum Gasteiger partial charge on any atom is -0.494 e. The molecule has 2 aliphatic rings. The molecule has 0 radical (unpaired) electrons. The van der Waals surface area contributed by atoms with Crippen LogP contribution in [0.5, 0.6) is 11.5 Å².